The van der Waals surface area contributed by atoms with Crippen molar-refractivity contribution in [1.82, 2.24) is 0 Å². The van der Waals surface area contributed by atoms with Crippen molar-refractivity contribution in [2.45, 2.75) is 32.6 Å². The van der Waals surface area contributed by atoms with Crippen LogP contribution in [0.15, 0.2) is 54.6 Å². The molecule has 0 fully saturated rings. The van der Waals surface area contributed by atoms with Crippen LogP contribution in [0.1, 0.15) is 47.7 Å². The van der Waals surface area contributed by atoms with Gasteiger partial charge in [-0.2, -0.15) is 5.26 Å². The molecule has 3 aromatic carbocycles. The average Bonchev–Trinajstić information content (AvgIpc) is 2.68. The molecular formula is C23H20FNO2. The number of fused-ring (bicyclic) bond motifs is 1. The molecule has 0 aliphatic rings. The molecule has 0 spiro atoms. The van der Waals surface area contributed by atoms with E-state index >= 15 is 0 Å². The number of hydrogen-bond donors (Lipinski definition) is 0. The summed E-state index contributed by atoms with van der Waals surface area (Å²) in [5, 5.41) is 10.8. The SMILES string of the molecule is CCCCCc1ccc2cc(C(=O)Oc3ccc(C#N)c(F)c3)ccc2c1. The van der Waals surface area contributed by atoms with Gasteiger partial charge in [0.05, 0.1) is 11.1 Å². The van der Waals surface area contributed by atoms with Gasteiger partial charge in [0.15, 0.2) is 0 Å². The Bertz CT molecular complexity index is 1020. The maximum Gasteiger partial charge on any atom is 0.343 e. The lowest BCUT2D eigenvalue weighted by molar-refractivity contribution is 0.0734. The Morgan fingerprint density at radius 3 is 2.56 bits per heavy atom. The molecule has 0 unspecified atom stereocenters. The lowest BCUT2D eigenvalue weighted by Gasteiger charge is -2.07. The quantitative estimate of drug-likeness (QED) is 0.317. The van der Waals surface area contributed by atoms with E-state index in [1.807, 2.05) is 12.1 Å². The normalized spacial score (nSPS) is 10.6. The van der Waals surface area contributed by atoms with Crippen LogP contribution >= 0.6 is 0 Å². The number of carbonyl (C=O) groups excluding carboxylic acids is 1. The number of aryl methyl sites for hydroxylation is 1. The van der Waals surface area contributed by atoms with Crippen molar-refractivity contribution in [2.75, 3.05) is 0 Å². The number of hydrogen-bond acceptors (Lipinski definition) is 3. The molecule has 3 rings (SSSR count). The minimum absolute atomic E-state index is 0.0721. The van der Waals surface area contributed by atoms with E-state index < -0.39 is 11.8 Å². The highest BCUT2D eigenvalue weighted by molar-refractivity contribution is 5.96. The number of nitriles is 1. The highest BCUT2D eigenvalue weighted by atomic mass is 19.1. The fourth-order valence-electron chi connectivity index (χ4n) is 2.97. The van der Waals surface area contributed by atoms with Crippen LogP contribution in [0.25, 0.3) is 10.8 Å². The third-order valence-electron chi connectivity index (χ3n) is 4.48. The Morgan fingerprint density at radius 1 is 1.04 bits per heavy atom. The Labute approximate surface area is 158 Å². The Kier molecular flexibility index (Phi) is 5.83. The van der Waals surface area contributed by atoms with E-state index in [0.717, 1.165) is 23.3 Å². The number of halogens is 1. The van der Waals surface area contributed by atoms with Crippen LogP contribution in [0.5, 0.6) is 5.75 Å². The van der Waals surface area contributed by atoms with Gasteiger partial charge in [0, 0.05) is 6.07 Å². The summed E-state index contributed by atoms with van der Waals surface area (Å²) >= 11 is 0. The standard InChI is InChI=1S/C23H20FNO2/c1-2-3-4-5-16-6-7-18-13-19(9-8-17(18)12-16)23(26)27-21-11-10-20(15-25)22(24)14-21/h6-14H,2-5H2,1H3. The Balaban J connectivity index is 1.76. The van der Waals surface area contributed by atoms with Crippen molar-refractivity contribution in [1.29, 1.82) is 5.26 Å². The Hall–Kier alpha value is -3.19. The minimum atomic E-state index is -0.711. The predicted molar refractivity (Wildman–Crippen MR) is 103 cm³/mol. The van der Waals surface area contributed by atoms with Gasteiger partial charge in [-0.15, -0.1) is 0 Å². The highest BCUT2D eigenvalue weighted by Gasteiger charge is 2.11. The largest absolute Gasteiger partial charge is 0.423 e. The molecule has 0 radical (unpaired) electrons. The Morgan fingerprint density at radius 2 is 1.81 bits per heavy atom. The van der Waals surface area contributed by atoms with E-state index in [4.69, 9.17) is 10.00 Å². The number of ether oxygens (including phenoxy) is 1. The van der Waals surface area contributed by atoms with Gasteiger partial charge in [-0.3, -0.25) is 0 Å². The molecule has 27 heavy (non-hydrogen) atoms. The third kappa shape index (κ3) is 4.51. The highest BCUT2D eigenvalue weighted by Crippen LogP contribution is 2.22. The van der Waals surface area contributed by atoms with Crippen molar-refractivity contribution in [2.24, 2.45) is 0 Å². The molecule has 0 saturated carbocycles. The average molecular weight is 361 g/mol. The number of carbonyl (C=O) groups is 1. The first-order valence-corrected chi connectivity index (χ1v) is 9.05. The molecule has 0 N–H and O–H groups in total. The lowest BCUT2D eigenvalue weighted by Crippen LogP contribution is -2.08. The van der Waals surface area contributed by atoms with Crippen LogP contribution in [0.4, 0.5) is 4.39 Å². The summed E-state index contributed by atoms with van der Waals surface area (Å²) in [4.78, 5) is 12.4. The van der Waals surface area contributed by atoms with Crippen molar-refractivity contribution in [3.63, 3.8) is 0 Å². The predicted octanol–water partition coefficient (Wildman–Crippen LogP) is 5.80. The number of benzene rings is 3. The summed E-state index contributed by atoms with van der Waals surface area (Å²) in [6.07, 6.45) is 4.65. The summed E-state index contributed by atoms with van der Waals surface area (Å²) in [5.41, 5.74) is 1.60. The van der Waals surface area contributed by atoms with Gasteiger partial charge in [-0.05, 0) is 53.4 Å². The molecule has 3 aromatic rings. The fraction of sp³-hybridized carbons (Fsp3) is 0.217. The fourth-order valence-corrected chi connectivity index (χ4v) is 2.97. The summed E-state index contributed by atoms with van der Waals surface area (Å²) in [6, 6.07) is 17.1. The van der Waals surface area contributed by atoms with Gasteiger partial charge in [0.1, 0.15) is 17.6 Å². The topological polar surface area (TPSA) is 50.1 Å². The van der Waals surface area contributed by atoms with Crippen LogP contribution in [-0.2, 0) is 6.42 Å². The molecule has 0 atom stereocenters. The molecule has 0 aliphatic carbocycles. The van der Waals surface area contributed by atoms with E-state index in [9.17, 15) is 9.18 Å². The zero-order valence-electron chi connectivity index (χ0n) is 15.2. The van der Waals surface area contributed by atoms with Crippen LogP contribution < -0.4 is 4.74 Å². The van der Waals surface area contributed by atoms with Crippen LogP contribution in [0.2, 0.25) is 0 Å². The van der Waals surface area contributed by atoms with Gasteiger partial charge in [-0.1, -0.05) is 44.0 Å². The molecule has 0 aliphatic heterocycles. The first-order chi connectivity index (χ1) is 13.1. The van der Waals surface area contributed by atoms with E-state index in [-0.39, 0.29) is 11.3 Å². The molecule has 3 nitrogen and oxygen atoms in total. The van der Waals surface area contributed by atoms with Gasteiger partial charge in [0.25, 0.3) is 0 Å². The van der Waals surface area contributed by atoms with Crippen LogP contribution in [-0.4, -0.2) is 5.97 Å². The molecule has 0 heterocycles. The van der Waals surface area contributed by atoms with Gasteiger partial charge in [-0.25, -0.2) is 9.18 Å². The first kappa shape index (κ1) is 18.6. The second kappa shape index (κ2) is 8.46. The number of nitrogens with zero attached hydrogens (tertiary/aromatic N) is 1. The van der Waals surface area contributed by atoms with E-state index in [2.05, 4.69) is 19.1 Å². The van der Waals surface area contributed by atoms with E-state index in [1.54, 1.807) is 18.2 Å². The van der Waals surface area contributed by atoms with E-state index in [1.165, 1.54) is 37.0 Å². The van der Waals surface area contributed by atoms with Gasteiger partial charge in [0.2, 0.25) is 0 Å². The smallest absolute Gasteiger partial charge is 0.343 e. The third-order valence-corrected chi connectivity index (χ3v) is 4.48. The second-order valence-electron chi connectivity index (χ2n) is 6.50. The van der Waals surface area contributed by atoms with Gasteiger partial charge < -0.3 is 4.74 Å². The summed E-state index contributed by atoms with van der Waals surface area (Å²) < 4.78 is 18.9. The van der Waals surface area contributed by atoms with Crippen LogP contribution in [0.3, 0.4) is 0 Å². The van der Waals surface area contributed by atoms with Crippen molar-refractivity contribution >= 4 is 16.7 Å². The molecule has 0 aromatic heterocycles. The zero-order valence-corrected chi connectivity index (χ0v) is 15.2. The molecule has 136 valence electrons. The maximum atomic E-state index is 13.6. The monoisotopic (exact) mass is 361 g/mol. The number of rotatable bonds is 6. The molecular weight excluding hydrogens is 341 g/mol. The van der Waals surface area contributed by atoms with E-state index in [0.29, 0.717) is 5.56 Å². The maximum absolute atomic E-state index is 13.6. The van der Waals surface area contributed by atoms with Gasteiger partial charge >= 0.3 is 5.97 Å². The molecule has 0 bridgehead atoms. The molecule has 0 saturated heterocycles. The van der Waals surface area contributed by atoms with Crippen LogP contribution in [0, 0.1) is 17.1 Å². The first-order valence-electron chi connectivity index (χ1n) is 9.05. The summed E-state index contributed by atoms with van der Waals surface area (Å²) in [6.45, 7) is 2.19. The zero-order chi connectivity index (χ0) is 19.2. The summed E-state index contributed by atoms with van der Waals surface area (Å²) in [7, 11) is 0. The molecule has 0 amide bonds. The van der Waals surface area contributed by atoms with Crippen molar-refractivity contribution in [3.05, 3.63) is 77.1 Å². The molecule has 4 heteroatoms. The lowest BCUT2D eigenvalue weighted by atomic mass is 10.0. The number of esters is 1. The summed E-state index contributed by atoms with van der Waals surface area (Å²) in [5.74, 6) is -1.20. The van der Waals surface area contributed by atoms with Crippen molar-refractivity contribution < 1.29 is 13.9 Å². The second-order valence-corrected chi connectivity index (χ2v) is 6.50. The minimum Gasteiger partial charge on any atom is -0.423 e. The number of unbranched alkanes of at least 4 members (excludes halogenated alkanes) is 2. The van der Waals surface area contributed by atoms with Crippen molar-refractivity contribution in [3.8, 4) is 11.8 Å².